The van der Waals surface area contributed by atoms with Crippen LogP contribution in [-0.2, 0) is 23.0 Å². The number of methoxy groups -OCH3 is 1. The smallest absolute Gasteiger partial charge is 0.292 e. The summed E-state index contributed by atoms with van der Waals surface area (Å²) in [6, 6.07) is 5.77. The number of pyridine rings is 1. The molecule has 150 valence electrons. The van der Waals surface area contributed by atoms with E-state index in [0.29, 0.717) is 18.5 Å². The highest BCUT2D eigenvalue weighted by molar-refractivity contribution is 7.92. The fraction of sp³-hybridized carbons (Fsp3) is 0.333. The number of benzene rings is 1. The predicted octanol–water partition coefficient (Wildman–Crippen LogP) is 1.48. The number of H-pyrrole nitrogens is 1. The van der Waals surface area contributed by atoms with E-state index in [4.69, 9.17) is 4.74 Å². The Morgan fingerprint density at radius 3 is 2.54 bits per heavy atom. The van der Waals surface area contributed by atoms with Gasteiger partial charge in [-0.2, -0.15) is 0 Å². The lowest BCUT2D eigenvalue weighted by atomic mass is 9.98. The Kier molecular flexibility index (Phi) is 5.41. The summed E-state index contributed by atoms with van der Waals surface area (Å²) in [5, 5.41) is 0. The molecule has 1 aromatic carbocycles. The molecule has 10 heteroatoms. The molecule has 28 heavy (non-hydrogen) atoms. The number of carbonyl (C=O) groups is 1. The minimum atomic E-state index is -3.65. The quantitative estimate of drug-likeness (QED) is 0.751. The maximum atomic E-state index is 13.1. The van der Waals surface area contributed by atoms with E-state index >= 15 is 0 Å². The molecule has 0 fully saturated rings. The highest BCUT2D eigenvalue weighted by Crippen LogP contribution is 2.30. The van der Waals surface area contributed by atoms with Crippen LogP contribution in [0.1, 0.15) is 28.4 Å². The van der Waals surface area contributed by atoms with E-state index in [1.165, 1.54) is 31.1 Å². The number of amides is 1. The molecule has 1 aromatic heterocycles. The summed E-state index contributed by atoms with van der Waals surface area (Å²) >= 11 is 0. The van der Waals surface area contributed by atoms with Crippen molar-refractivity contribution >= 4 is 21.7 Å². The Hall–Kier alpha value is -2.88. The minimum Gasteiger partial charge on any atom is -0.491 e. The van der Waals surface area contributed by atoms with Crippen molar-refractivity contribution in [3.63, 3.8) is 0 Å². The van der Waals surface area contributed by atoms with Gasteiger partial charge in [0.1, 0.15) is 11.6 Å². The zero-order valence-electron chi connectivity index (χ0n) is 15.4. The van der Waals surface area contributed by atoms with Crippen molar-refractivity contribution in [2.75, 3.05) is 24.1 Å². The molecule has 0 spiro atoms. The summed E-state index contributed by atoms with van der Waals surface area (Å²) < 4.78 is 44.4. The number of fused-ring (bicyclic) bond motifs is 1. The summed E-state index contributed by atoms with van der Waals surface area (Å²) in [7, 11) is -2.38. The second kappa shape index (κ2) is 7.63. The minimum absolute atomic E-state index is 0.0163. The average molecular weight is 409 g/mol. The molecule has 2 aromatic rings. The van der Waals surface area contributed by atoms with E-state index in [2.05, 4.69) is 9.71 Å². The lowest BCUT2D eigenvalue weighted by Crippen LogP contribution is -2.39. The zero-order chi connectivity index (χ0) is 20.5. The third kappa shape index (κ3) is 3.86. The van der Waals surface area contributed by atoms with Crippen LogP contribution in [0.15, 0.2) is 29.1 Å². The van der Waals surface area contributed by atoms with Crippen LogP contribution in [0.5, 0.6) is 5.75 Å². The molecule has 3 rings (SSSR count). The van der Waals surface area contributed by atoms with Gasteiger partial charge in [0.2, 0.25) is 10.0 Å². The zero-order valence-corrected chi connectivity index (χ0v) is 16.2. The van der Waals surface area contributed by atoms with Crippen LogP contribution in [0.25, 0.3) is 0 Å². The first-order valence-corrected chi connectivity index (χ1v) is 10.3. The van der Waals surface area contributed by atoms with Crippen LogP contribution >= 0.6 is 0 Å². The monoisotopic (exact) mass is 409 g/mol. The van der Waals surface area contributed by atoms with Gasteiger partial charge in [-0.15, -0.1) is 0 Å². The Morgan fingerprint density at radius 2 is 1.93 bits per heavy atom. The van der Waals surface area contributed by atoms with Crippen molar-refractivity contribution in [3.05, 3.63) is 57.1 Å². The van der Waals surface area contributed by atoms with Gasteiger partial charge >= 0.3 is 0 Å². The number of carbonyl (C=O) groups excluding carboxylic acids is 1. The molecule has 2 N–H and O–H groups in total. The topological polar surface area (TPSA) is 109 Å². The van der Waals surface area contributed by atoms with Gasteiger partial charge in [0.05, 0.1) is 18.4 Å². The lowest BCUT2D eigenvalue weighted by Gasteiger charge is -2.30. The van der Waals surface area contributed by atoms with Crippen LogP contribution in [-0.4, -0.2) is 43.6 Å². The highest BCUT2D eigenvalue weighted by Gasteiger charge is 2.32. The Morgan fingerprint density at radius 1 is 1.25 bits per heavy atom. The van der Waals surface area contributed by atoms with E-state index in [1.54, 1.807) is 12.1 Å². The maximum absolute atomic E-state index is 13.1. The molecule has 0 aliphatic carbocycles. The van der Waals surface area contributed by atoms with Gasteiger partial charge in [-0.1, -0.05) is 12.1 Å². The first-order chi connectivity index (χ1) is 13.3. The van der Waals surface area contributed by atoms with Crippen LogP contribution in [0.4, 0.5) is 10.2 Å². The molecule has 1 aliphatic rings. The van der Waals surface area contributed by atoms with E-state index in [9.17, 15) is 22.4 Å². The van der Waals surface area contributed by atoms with Gasteiger partial charge in [0.15, 0.2) is 5.75 Å². The van der Waals surface area contributed by atoms with Gasteiger partial charge in [-0.25, -0.2) is 12.8 Å². The van der Waals surface area contributed by atoms with Gasteiger partial charge in [0.25, 0.3) is 11.5 Å². The number of nitrogens with zero attached hydrogens (tertiary/aromatic N) is 1. The van der Waals surface area contributed by atoms with Crippen molar-refractivity contribution < 1.29 is 22.3 Å². The van der Waals surface area contributed by atoms with Gasteiger partial charge < -0.3 is 14.6 Å². The molecule has 8 nitrogen and oxygen atoms in total. The first kappa shape index (κ1) is 19.9. The number of hydrogen-bond donors (Lipinski definition) is 2. The third-order valence-corrected chi connectivity index (χ3v) is 5.81. The van der Waals surface area contributed by atoms with E-state index < -0.39 is 21.5 Å². The molecular formula is C18H20FN3O5S. The molecule has 0 unspecified atom stereocenters. The van der Waals surface area contributed by atoms with E-state index in [0.717, 1.165) is 5.56 Å². The van der Waals surface area contributed by atoms with Crippen LogP contribution < -0.4 is 15.0 Å². The van der Waals surface area contributed by atoms with Crippen molar-refractivity contribution in [3.8, 4) is 5.75 Å². The summed E-state index contributed by atoms with van der Waals surface area (Å²) in [4.78, 5) is 29.3. The Balaban J connectivity index is 2.02. The number of ether oxygens (including phenoxy) is 1. The number of anilines is 1. The number of halogens is 1. The van der Waals surface area contributed by atoms with Gasteiger partial charge in [-0.05, 0) is 31.0 Å². The van der Waals surface area contributed by atoms with Crippen molar-refractivity contribution in [2.45, 2.75) is 19.9 Å². The molecule has 0 saturated heterocycles. The molecule has 1 aliphatic heterocycles. The fourth-order valence-corrected chi connectivity index (χ4v) is 3.70. The summed E-state index contributed by atoms with van der Waals surface area (Å²) in [6.45, 7) is 2.00. The Bertz CT molecular complexity index is 1060. The van der Waals surface area contributed by atoms with Crippen molar-refractivity contribution in [1.82, 2.24) is 9.88 Å². The second-order valence-corrected chi connectivity index (χ2v) is 8.34. The standard InChI is InChI=1S/C18H20FN3O5S/c1-3-28(25,26)21-16-13-8-9-22(10-11-4-6-12(19)7-5-11)18(24)14(13)15(27-2)17(23)20-16/h4-7H,3,8-10H2,1-2H3,(H2,20,21,23). The summed E-state index contributed by atoms with van der Waals surface area (Å²) in [5.74, 6) is -1.19. The average Bonchev–Trinajstić information content (AvgIpc) is 2.66. The Labute approximate surface area is 161 Å². The summed E-state index contributed by atoms with van der Waals surface area (Å²) in [6.07, 6.45) is 0.316. The molecule has 1 amide bonds. The second-order valence-electron chi connectivity index (χ2n) is 6.32. The van der Waals surface area contributed by atoms with E-state index in [-0.39, 0.29) is 35.2 Å². The number of nitrogens with one attached hydrogen (secondary N) is 2. The highest BCUT2D eigenvalue weighted by atomic mass is 32.2. The van der Waals surface area contributed by atoms with Gasteiger partial charge in [-0.3, -0.25) is 14.3 Å². The predicted molar refractivity (Wildman–Crippen MR) is 102 cm³/mol. The molecule has 0 bridgehead atoms. The molecular weight excluding hydrogens is 389 g/mol. The summed E-state index contributed by atoms with van der Waals surface area (Å²) in [5.41, 5.74) is 0.447. The maximum Gasteiger partial charge on any atom is 0.292 e. The van der Waals surface area contributed by atoms with Crippen molar-refractivity contribution in [1.29, 1.82) is 0 Å². The van der Waals surface area contributed by atoms with Crippen LogP contribution in [0.2, 0.25) is 0 Å². The largest absolute Gasteiger partial charge is 0.491 e. The van der Waals surface area contributed by atoms with Crippen LogP contribution in [0, 0.1) is 5.82 Å². The third-order valence-electron chi connectivity index (χ3n) is 4.54. The first-order valence-electron chi connectivity index (χ1n) is 8.63. The lowest BCUT2D eigenvalue weighted by molar-refractivity contribution is 0.0722. The molecule has 0 atom stereocenters. The number of aromatic nitrogens is 1. The molecule has 0 radical (unpaired) electrons. The molecule has 0 saturated carbocycles. The van der Waals surface area contributed by atoms with Crippen LogP contribution in [0.3, 0.4) is 0 Å². The number of rotatable bonds is 6. The number of aromatic amines is 1. The van der Waals surface area contributed by atoms with Crippen molar-refractivity contribution in [2.24, 2.45) is 0 Å². The van der Waals surface area contributed by atoms with Gasteiger partial charge in [0, 0.05) is 18.7 Å². The SMILES string of the molecule is CCS(=O)(=O)Nc1[nH]c(=O)c(OC)c2c1CCN(Cc1ccc(F)cc1)C2=O. The number of sulfonamides is 1. The van der Waals surface area contributed by atoms with E-state index in [1.807, 2.05) is 0 Å². The normalized spacial score (nSPS) is 14.0. The molecule has 2 heterocycles. The number of hydrogen-bond acceptors (Lipinski definition) is 5. The fourth-order valence-electron chi connectivity index (χ4n) is 3.07.